The molecule has 1 saturated heterocycles. The first-order chi connectivity index (χ1) is 9.60. The minimum atomic E-state index is -0.811. The Bertz CT molecular complexity index is 319. The lowest BCUT2D eigenvalue weighted by atomic mass is 9.79. The number of amides is 1. The number of nitrogens with two attached hydrogens (primary N) is 1. The average molecular weight is 284 g/mol. The van der Waals surface area contributed by atoms with Crippen LogP contribution in [0.2, 0.25) is 0 Å². The van der Waals surface area contributed by atoms with Crippen LogP contribution in [-0.4, -0.2) is 42.9 Å². The molecule has 0 radical (unpaired) electrons. The van der Waals surface area contributed by atoms with E-state index in [-0.39, 0.29) is 5.91 Å². The van der Waals surface area contributed by atoms with E-state index >= 15 is 0 Å². The van der Waals surface area contributed by atoms with Crippen molar-refractivity contribution in [3.8, 4) is 0 Å². The molecule has 1 aliphatic carbocycles. The second-order valence-corrected chi connectivity index (χ2v) is 6.42. The molecule has 2 rings (SSSR count). The molecule has 0 unspecified atom stereocenters. The van der Waals surface area contributed by atoms with Gasteiger partial charge in [0, 0.05) is 39.1 Å². The molecule has 0 aromatic rings. The van der Waals surface area contributed by atoms with Crippen molar-refractivity contribution in [1.29, 1.82) is 0 Å². The van der Waals surface area contributed by atoms with Gasteiger partial charge in [-0.3, -0.25) is 4.79 Å². The molecule has 2 aliphatic rings. The Morgan fingerprint density at radius 1 is 1.10 bits per heavy atom. The van der Waals surface area contributed by atoms with Gasteiger partial charge in [-0.2, -0.15) is 0 Å². The molecule has 2 fully saturated rings. The maximum absolute atomic E-state index is 12.6. The van der Waals surface area contributed by atoms with E-state index < -0.39 is 11.0 Å². The second-order valence-electron chi connectivity index (χ2n) is 6.42. The first kappa shape index (κ1) is 15.7. The van der Waals surface area contributed by atoms with E-state index in [9.17, 15) is 9.90 Å². The van der Waals surface area contributed by atoms with Crippen LogP contribution in [0.15, 0.2) is 0 Å². The van der Waals surface area contributed by atoms with Gasteiger partial charge >= 0.3 is 0 Å². The fourth-order valence-corrected chi connectivity index (χ4v) is 3.29. The Balaban J connectivity index is 1.91. The van der Waals surface area contributed by atoms with E-state index in [0.29, 0.717) is 39.1 Å². The van der Waals surface area contributed by atoms with Crippen LogP contribution >= 0.6 is 0 Å². The van der Waals surface area contributed by atoms with E-state index in [0.717, 1.165) is 25.7 Å². The summed E-state index contributed by atoms with van der Waals surface area (Å²) in [7, 11) is 0. The van der Waals surface area contributed by atoms with Crippen molar-refractivity contribution in [1.82, 2.24) is 5.32 Å². The van der Waals surface area contributed by atoms with Gasteiger partial charge in [0.25, 0.3) is 0 Å². The van der Waals surface area contributed by atoms with Crippen molar-refractivity contribution < 1.29 is 14.6 Å². The molecule has 0 bridgehead atoms. The van der Waals surface area contributed by atoms with Crippen LogP contribution < -0.4 is 11.1 Å². The van der Waals surface area contributed by atoms with Crippen molar-refractivity contribution in [2.75, 3.05) is 26.3 Å². The summed E-state index contributed by atoms with van der Waals surface area (Å²) < 4.78 is 5.25. The largest absolute Gasteiger partial charge is 0.388 e. The zero-order chi connectivity index (χ0) is 14.5. The number of ether oxygens (including phenoxy) is 1. The van der Waals surface area contributed by atoms with Crippen molar-refractivity contribution in [3.63, 3.8) is 0 Å². The summed E-state index contributed by atoms with van der Waals surface area (Å²) in [6.07, 6.45) is 7.44. The molecule has 5 heteroatoms. The third kappa shape index (κ3) is 3.71. The Hall–Kier alpha value is -0.650. The van der Waals surface area contributed by atoms with E-state index in [2.05, 4.69) is 5.32 Å². The SMILES string of the molecule is NCC1(C(=O)NCC2(O)CCOCC2)CCCCCC1. The average Bonchev–Trinajstić information content (AvgIpc) is 2.72. The summed E-state index contributed by atoms with van der Waals surface area (Å²) in [6, 6.07) is 0. The van der Waals surface area contributed by atoms with Crippen LogP contribution in [0, 0.1) is 5.41 Å². The number of hydrogen-bond acceptors (Lipinski definition) is 4. The summed E-state index contributed by atoms with van der Waals surface area (Å²) in [5.74, 6) is 0.0295. The quantitative estimate of drug-likeness (QED) is 0.671. The van der Waals surface area contributed by atoms with Crippen LogP contribution in [0.5, 0.6) is 0 Å². The highest BCUT2D eigenvalue weighted by atomic mass is 16.5. The van der Waals surface area contributed by atoms with Gasteiger partial charge in [0.15, 0.2) is 0 Å². The van der Waals surface area contributed by atoms with Gasteiger partial charge in [-0.15, -0.1) is 0 Å². The van der Waals surface area contributed by atoms with E-state index in [1.54, 1.807) is 0 Å². The second kappa shape index (κ2) is 6.87. The molecule has 116 valence electrons. The van der Waals surface area contributed by atoms with Gasteiger partial charge < -0.3 is 20.9 Å². The minimum Gasteiger partial charge on any atom is -0.388 e. The Kier molecular flexibility index (Phi) is 5.41. The van der Waals surface area contributed by atoms with Crippen LogP contribution in [0.4, 0.5) is 0 Å². The van der Waals surface area contributed by atoms with Gasteiger partial charge in [0.1, 0.15) is 0 Å². The number of nitrogens with one attached hydrogen (secondary N) is 1. The van der Waals surface area contributed by atoms with Gasteiger partial charge in [0.05, 0.1) is 11.0 Å². The highest BCUT2D eigenvalue weighted by Crippen LogP contribution is 2.34. The number of carbonyl (C=O) groups excluding carboxylic acids is 1. The number of rotatable bonds is 4. The number of aliphatic hydroxyl groups is 1. The molecule has 0 atom stereocenters. The fourth-order valence-electron chi connectivity index (χ4n) is 3.29. The van der Waals surface area contributed by atoms with Crippen molar-refractivity contribution in [2.45, 2.75) is 57.0 Å². The molecule has 5 nitrogen and oxygen atoms in total. The van der Waals surface area contributed by atoms with Crippen LogP contribution in [0.3, 0.4) is 0 Å². The normalized spacial score (nSPS) is 25.7. The van der Waals surface area contributed by atoms with E-state index in [1.807, 2.05) is 0 Å². The van der Waals surface area contributed by atoms with Crippen molar-refractivity contribution in [3.05, 3.63) is 0 Å². The molecule has 1 saturated carbocycles. The van der Waals surface area contributed by atoms with Crippen LogP contribution in [0.25, 0.3) is 0 Å². The molecule has 0 aromatic heterocycles. The number of carbonyl (C=O) groups is 1. The molecule has 20 heavy (non-hydrogen) atoms. The molecular formula is C15H28N2O3. The zero-order valence-electron chi connectivity index (χ0n) is 12.3. The van der Waals surface area contributed by atoms with Crippen LogP contribution in [0.1, 0.15) is 51.4 Å². The standard InChI is InChI=1S/C15H28N2O3/c16-11-14(5-3-1-2-4-6-14)13(18)17-12-15(19)7-9-20-10-8-15/h19H,1-12,16H2,(H,17,18). The minimum absolute atomic E-state index is 0.0295. The topological polar surface area (TPSA) is 84.6 Å². The fraction of sp³-hybridized carbons (Fsp3) is 0.933. The maximum atomic E-state index is 12.6. The third-order valence-corrected chi connectivity index (χ3v) is 4.93. The maximum Gasteiger partial charge on any atom is 0.227 e. The highest BCUT2D eigenvalue weighted by molar-refractivity contribution is 5.83. The van der Waals surface area contributed by atoms with E-state index in [1.165, 1.54) is 12.8 Å². The van der Waals surface area contributed by atoms with Gasteiger partial charge in [-0.05, 0) is 12.8 Å². The monoisotopic (exact) mass is 284 g/mol. The molecule has 0 spiro atoms. The predicted octanol–water partition coefficient (Wildman–Crippen LogP) is 0.943. The molecule has 4 N–H and O–H groups in total. The first-order valence-corrected chi connectivity index (χ1v) is 7.89. The van der Waals surface area contributed by atoms with E-state index in [4.69, 9.17) is 10.5 Å². The summed E-state index contributed by atoms with van der Waals surface area (Å²) in [6.45, 7) is 1.85. The molecule has 1 amide bonds. The summed E-state index contributed by atoms with van der Waals surface area (Å²) >= 11 is 0. The first-order valence-electron chi connectivity index (χ1n) is 7.89. The Morgan fingerprint density at radius 2 is 1.70 bits per heavy atom. The Labute approximate surface area is 121 Å². The summed E-state index contributed by atoms with van der Waals surface area (Å²) in [4.78, 5) is 12.6. The lowest BCUT2D eigenvalue weighted by Crippen LogP contribution is -2.52. The van der Waals surface area contributed by atoms with Crippen LogP contribution in [-0.2, 0) is 9.53 Å². The molecular weight excluding hydrogens is 256 g/mol. The van der Waals surface area contributed by atoms with Crippen molar-refractivity contribution in [2.24, 2.45) is 11.1 Å². The summed E-state index contributed by atoms with van der Waals surface area (Å²) in [5.41, 5.74) is 4.68. The summed E-state index contributed by atoms with van der Waals surface area (Å²) in [5, 5.41) is 13.4. The van der Waals surface area contributed by atoms with Gasteiger partial charge in [-0.1, -0.05) is 25.7 Å². The smallest absolute Gasteiger partial charge is 0.227 e. The molecule has 1 heterocycles. The number of hydrogen-bond donors (Lipinski definition) is 3. The third-order valence-electron chi connectivity index (χ3n) is 4.93. The van der Waals surface area contributed by atoms with Gasteiger partial charge in [0.2, 0.25) is 5.91 Å². The lowest BCUT2D eigenvalue weighted by Gasteiger charge is -2.35. The van der Waals surface area contributed by atoms with Crippen molar-refractivity contribution >= 4 is 5.91 Å². The van der Waals surface area contributed by atoms with Gasteiger partial charge in [-0.25, -0.2) is 0 Å². The Morgan fingerprint density at radius 3 is 2.25 bits per heavy atom. The zero-order valence-corrected chi connectivity index (χ0v) is 12.3. The predicted molar refractivity (Wildman–Crippen MR) is 77.2 cm³/mol. The lowest BCUT2D eigenvalue weighted by molar-refractivity contribution is -0.134. The molecule has 0 aromatic carbocycles. The highest BCUT2D eigenvalue weighted by Gasteiger charge is 2.38. The molecule has 1 aliphatic heterocycles.